The van der Waals surface area contributed by atoms with Gasteiger partial charge in [-0.25, -0.2) is 9.97 Å². The zero-order valence-electron chi connectivity index (χ0n) is 14.9. The first-order chi connectivity index (χ1) is 13.9. The molecule has 0 aliphatic rings. The topological polar surface area (TPSA) is 30.7 Å². The average molecular weight is 377 g/mol. The summed E-state index contributed by atoms with van der Waals surface area (Å²) in [7, 11) is 0. The Bertz CT molecular complexity index is 1460. The van der Waals surface area contributed by atoms with Crippen molar-refractivity contribution >= 4 is 43.2 Å². The second-order valence-electron chi connectivity index (χ2n) is 6.78. The highest BCUT2D eigenvalue weighted by molar-refractivity contribution is 7.17. The summed E-state index contributed by atoms with van der Waals surface area (Å²) in [4.78, 5) is 9.41. The van der Waals surface area contributed by atoms with E-state index in [0.29, 0.717) is 0 Å². The van der Waals surface area contributed by atoms with Gasteiger partial charge in [-0.1, -0.05) is 48.5 Å². The highest BCUT2D eigenvalue weighted by Gasteiger charge is 2.15. The highest BCUT2D eigenvalue weighted by Crippen LogP contribution is 2.35. The van der Waals surface area contributed by atoms with Crippen LogP contribution in [0.5, 0.6) is 0 Å². The average Bonchev–Trinajstić information content (AvgIpc) is 3.34. The van der Waals surface area contributed by atoms with Crippen LogP contribution in [-0.4, -0.2) is 14.5 Å². The molecule has 4 heteroatoms. The minimum absolute atomic E-state index is 0.737. The molecule has 3 heterocycles. The SMILES string of the molecule is c1ccc(-c2nccc(-n3c4ccccc4c4cc5ccsc5cc43)n2)cc1. The first kappa shape index (κ1) is 15.5. The molecule has 0 radical (unpaired) electrons. The molecular formula is C24H15N3S. The lowest BCUT2D eigenvalue weighted by Gasteiger charge is -2.08. The van der Waals surface area contributed by atoms with E-state index >= 15 is 0 Å². The van der Waals surface area contributed by atoms with E-state index in [9.17, 15) is 0 Å². The molecule has 132 valence electrons. The van der Waals surface area contributed by atoms with Crippen molar-refractivity contribution in [3.63, 3.8) is 0 Å². The van der Waals surface area contributed by atoms with Gasteiger partial charge < -0.3 is 0 Å². The Balaban J connectivity index is 1.69. The fourth-order valence-corrected chi connectivity index (χ4v) is 4.68. The summed E-state index contributed by atoms with van der Waals surface area (Å²) in [6, 6.07) is 27.4. The van der Waals surface area contributed by atoms with E-state index in [-0.39, 0.29) is 0 Å². The second-order valence-corrected chi connectivity index (χ2v) is 7.73. The van der Waals surface area contributed by atoms with E-state index in [1.807, 2.05) is 42.6 Å². The van der Waals surface area contributed by atoms with Crippen LogP contribution in [-0.2, 0) is 0 Å². The molecule has 0 aliphatic carbocycles. The zero-order valence-corrected chi connectivity index (χ0v) is 15.7. The molecule has 6 rings (SSSR count). The van der Waals surface area contributed by atoms with Gasteiger partial charge in [0.2, 0.25) is 0 Å². The van der Waals surface area contributed by atoms with E-state index in [4.69, 9.17) is 4.98 Å². The van der Waals surface area contributed by atoms with Crippen molar-refractivity contribution in [2.45, 2.75) is 0 Å². The summed E-state index contributed by atoms with van der Waals surface area (Å²) >= 11 is 1.77. The van der Waals surface area contributed by atoms with Crippen molar-refractivity contribution in [3.05, 3.63) is 90.4 Å². The van der Waals surface area contributed by atoms with Gasteiger partial charge in [-0.2, -0.15) is 0 Å². The first-order valence-corrected chi connectivity index (χ1v) is 10.1. The lowest BCUT2D eigenvalue weighted by Crippen LogP contribution is -2.00. The van der Waals surface area contributed by atoms with Crippen LogP contribution < -0.4 is 0 Å². The second kappa shape index (κ2) is 6.01. The van der Waals surface area contributed by atoms with Crippen molar-refractivity contribution in [2.24, 2.45) is 0 Å². The Morgan fingerprint density at radius 3 is 2.54 bits per heavy atom. The molecule has 0 saturated carbocycles. The quantitative estimate of drug-likeness (QED) is 0.347. The maximum atomic E-state index is 4.91. The molecular weight excluding hydrogens is 362 g/mol. The number of hydrogen-bond acceptors (Lipinski definition) is 3. The summed E-state index contributed by atoms with van der Waals surface area (Å²) in [6.45, 7) is 0. The predicted molar refractivity (Wildman–Crippen MR) is 117 cm³/mol. The Hall–Kier alpha value is -3.50. The fourth-order valence-electron chi connectivity index (χ4n) is 3.87. The van der Waals surface area contributed by atoms with Crippen LogP contribution in [0.1, 0.15) is 0 Å². The Labute approximate surface area is 165 Å². The van der Waals surface area contributed by atoms with Gasteiger partial charge in [0.05, 0.1) is 11.0 Å². The molecule has 0 amide bonds. The molecule has 6 aromatic rings. The Morgan fingerprint density at radius 2 is 1.61 bits per heavy atom. The fraction of sp³-hybridized carbons (Fsp3) is 0. The van der Waals surface area contributed by atoms with Crippen LogP contribution in [0.4, 0.5) is 0 Å². The molecule has 28 heavy (non-hydrogen) atoms. The number of thiophene rings is 1. The molecule has 3 aromatic heterocycles. The van der Waals surface area contributed by atoms with Crippen molar-refractivity contribution in [1.29, 1.82) is 0 Å². The molecule has 0 fully saturated rings. The summed E-state index contributed by atoms with van der Waals surface area (Å²) in [5.41, 5.74) is 3.35. The maximum absolute atomic E-state index is 4.91. The third kappa shape index (κ3) is 2.28. The summed E-state index contributed by atoms with van der Waals surface area (Å²) in [6.07, 6.45) is 1.84. The number of aromatic nitrogens is 3. The van der Waals surface area contributed by atoms with Gasteiger partial charge in [-0.3, -0.25) is 4.57 Å². The highest BCUT2D eigenvalue weighted by atomic mass is 32.1. The van der Waals surface area contributed by atoms with E-state index in [0.717, 1.165) is 22.7 Å². The standard InChI is InChI=1S/C24H15N3S/c1-2-6-16(7-3-1)24-25-12-10-23(26-24)27-20-9-5-4-8-18(20)19-14-17-11-13-28-22(17)15-21(19)27/h1-15H. The number of para-hydroxylation sites is 1. The molecule has 0 unspecified atom stereocenters. The zero-order chi connectivity index (χ0) is 18.5. The van der Waals surface area contributed by atoms with Gasteiger partial charge in [0.1, 0.15) is 5.82 Å². The molecule has 0 saturated heterocycles. The van der Waals surface area contributed by atoms with Crippen molar-refractivity contribution in [3.8, 4) is 17.2 Å². The van der Waals surface area contributed by atoms with E-state index in [1.54, 1.807) is 11.3 Å². The number of nitrogens with zero attached hydrogens (tertiary/aromatic N) is 3. The van der Waals surface area contributed by atoms with Gasteiger partial charge in [0.15, 0.2) is 5.82 Å². The van der Waals surface area contributed by atoms with E-state index in [2.05, 4.69) is 57.4 Å². The monoisotopic (exact) mass is 377 g/mol. The third-order valence-corrected chi connectivity index (χ3v) is 6.03. The minimum atomic E-state index is 0.737. The van der Waals surface area contributed by atoms with Gasteiger partial charge in [-0.15, -0.1) is 11.3 Å². The summed E-state index contributed by atoms with van der Waals surface area (Å²) < 4.78 is 3.53. The molecule has 3 nitrogen and oxygen atoms in total. The molecule has 0 N–H and O–H groups in total. The first-order valence-electron chi connectivity index (χ1n) is 9.18. The largest absolute Gasteiger partial charge is 0.294 e. The number of fused-ring (bicyclic) bond motifs is 4. The number of hydrogen-bond donors (Lipinski definition) is 0. The summed E-state index contributed by atoms with van der Waals surface area (Å²) in [5.74, 6) is 1.62. The van der Waals surface area contributed by atoms with Crippen molar-refractivity contribution < 1.29 is 0 Å². The Morgan fingerprint density at radius 1 is 0.750 bits per heavy atom. The number of rotatable bonds is 2. The predicted octanol–water partition coefficient (Wildman–Crippen LogP) is 6.46. The molecule has 0 atom stereocenters. The smallest absolute Gasteiger partial charge is 0.161 e. The number of benzene rings is 3. The van der Waals surface area contributed by atoms with Crippen LogP contribution in [0.25, 0.3) is 49.1 Å². The van der Waals surface area contributed by atoms with Crippen molar-refractivity contribution in [1.82, 2.24) is 14.5 Å². The van der Waals surface area contributed by atoms with E-state index in [1.165, 1.54) is 26.4 Å². The van der Waals surface area contributed by atoms with Gasteiger partial charge in [0.25, 0.3) is 0 Å². The lowest BCUT2D eigenvalue weighted by atomic mass is 10.1. The van der Waals surface area contributed by atoms with Crippen LogP contribution in [0.15, 0.2) is 90.4 Å². The minimum Gasteiger partial charge on any atom is -0.294 e. The van der Waals surface area contributed by atoms with Crippen molar-refractivity contribution in [2.75, 3.05) is 0 Å². The van der Waals surface area contributed by atoms with Gasteiger partial charge >= 0.3 is 0 Å². The lowest BCUT2D eigenvalue weighted by molar-refractivity contribution is 1.04. The molecule has 0 aliphatic heterocycles. The summed E-state index contributed by atoms with van der Waals surface area (Å²) in [5, 5.41) is 5.92. The molecule has 3 aromatic carbocycles. The molecule has 0 bridgehead atoms. The van der Waals surface area contributed by atoms with Gasteiger partial charge in [-0.05, 0) is 41.1 Å². The van der Waals surface area contributed by atoms with E-state index < -0.39 is 0 Å². The van der Waals surface area contributed by atoms with Crippen LogP contribution >= 0.6 is 11.3 Å². The molecule has 0 spiro atoms. The maximum Gasteiger partial charge on any atom is 0.161 e. The van der Waals surface area contributed by atoms with Crippen LogP contribution in [0.2, 0.25) is 0 Å². The Kier molecular flexibility index (Phi) is 3.34. The van der Waals surface area contributed by atoms with Crippen LogP contribution in [0.3, 0.4) is 0 Å². The normalized spacial score (nSPS) is 11.6. The van der Waals surface area contributed by atoms with Gasteiger partial charge in [0, 0.05) is 27.2 Å². The van der Waals surface area contributed by atoms with Crippen LogP contribution in [0, 0.1) is 0 Å². The third-order valence-electron chi connectivity index (χ3n) is 5.15.